The van der Waals surface area contributed by atoms with Gasteiger partial charge in [-0.3, -0.25) is 4.79 Å². The van der Waals surface area contributed by atoms with Crippen molar-refractivity contribution in [1.82, 2.24) is 10.2 Å². The van der Waals surface area contributed by atoms with Crippen LogP contribution in [0.1, 0.15) is 23.2 Å². The fourth-order valence-electron chi connectivity index (χ4n) is 4.00. The maximum Gasteiger partial charge on any atom is 0.573 e. The van der Waals surface area contributed by atoms with Crippen LogP contribution in [0, 0.1) is 23.7 Å². The van der Waals surface area contributed by atoms with Crippen molar-refractivity contribution in [1.29, 1.82) is 0 Å². The number of likely N-dealkylation sites (tertiary alicyclic amines) is 1. The van der Waals surface area contributed by atoms with E-state index in [1.165, 1.54) is 37.6 Å². The standard InChI is InChI=1S/C18H21F3N2O2/c19-18(20,21)25-13-3-1-2-12(6-13)17(24)22-7-14-15-9-23(10-16(14)15)8-11-4-5-11/h1-3,6,11,14-16H,4-5,7-10H2,(H,22,24). The van der Waals surface area contributed by atoms with Crippen molar-refractivity contribution in [2.75, 3.05) is 26.2 Å². The van der Waals surface area contributed by atoms with Crippen LogP contribution in [0.4, 0.5) is 13.2 Å². The molecule has 4 rings (SSSR count). The molecule has 2 saturated carbocycles. The van der Waals surface area contributed by atoms with Gasteiger partial charge in [0.25, 0.3) is 5.91 Å². The second-order valence-electron chi connectivity index (χ2n) is 7.44. The van der Waals surface area contributed by atoms with Gasteiger partial charge in [-0.2, -0.15) is 0 Å². The average Bonchev–Trinajstić information content (AvgIpc) is 3.42. The highest BCUT2D eigenvalue weighted by Crippen LogP contribution is 2.51. The Labute approximate surface area is 144 Å². The van der Waals surface area contributed by atoms with E-state index in [-0.39, 0.29) is 17.2 Å². The fraction of sp³-hybridized carbons (Fsp3) is 0.611. The first-order valence-electron chi connectivity index (χ1n) is 8.75. The van der Waals surface area contributed by atoms with Gasteiger partial charge in [-0.05, 0) is 54.7 Å². The van der Waals surface area contributed by atoms with Crippen LogP contribution in [-0.4, -0.2) is 43.3 Å². The van der Waals surface area contributed by atoms with E-state index in [0.29, 0.717) is 24.3 Å². The van der Waals surface area contributed by atoms with Crippen LogP contribution in [0.2, 0.25) is 0 Å². The summed E-state index contributed by atoms with van der Waals surface area (Å²) in [5.41, 5.74) is 0.183. The SMILES string of the molecule is O=C(NCC1C2CN(CC3CC3)CC12)c1cccc(OC(F)(F)F)c1. The number of carbonyl (C=O) groups excluding carboxylic acids is 1. The van der Waals surface area contributed by atoms with Gasteiger partial charge < -0.3 is 15.0 Å². The zero-order valence-electron chi connectivity index (χ0n) is 13.8. The van der Waals surface area contributed by atoms with Gasteiger partial charge in [0.2, 0.25) is 0 Å². The first-order valence-corrected chi connectivity index (χ1v) is 8.75. The van der Waals surface area contributed by atoms with Crippen molar-refractivity contribution in [3.05, 3.63) is 29.8 Å². The second kappa shape index (κ2) is 6.20. The van der Waals surface area contributed by atoms with E-state index in [1.807, 2.05) is 0 Å². The molecule has 1 saturated heterocycles. The first kappa shape index (κ1) is 16.7. The van der Waals surface area contributed by atoms with Crippen molar-refractivity contribution in [3.8, 4) is 5.75 Å². The molecular weight excluding hydrogens is 333 g/mol. The molecule has 3 fully saturated rings. The van der Waals surface area contributed by atoms with Gasteiger partial charge in [0, 0.05) is 31.7 Å². The molecule has 0 spiro atoms. The predicted octanol–water partition coefficient (Wildman–Crippen LogP) is 2.90. The number of amides is 1. The van der Waals surface area contributed by atoms with Gasteiger partial charge in [0.15, 0.2) is 0 Å². The van der Waals surface area contributed by atoms with Crippen LogP contribution in [-0.2, 0) is 0 Å². The highest BCUT2D eigenvalue weighted by Gasteiger charge is 2.55. The monoisotopic (exact) mass is 354 g/mol. The van der Waals surface area contributed by atoms with E-state index < -0.39 is 6.36 Å². The Balaban J connectivity index is 1.24. The largest absolute Gasteiger partial charge is 0.573 e. The third-order valence-corrected chi connectivity index (χ3v) is 5.49. The van der Waals surface area contributed by atoms with Crippen molar-refractivity contribution in [3.63, 3.8) is 0 Å². The van der Waals surface area contributed by atoms with Crippen LogP contribution >= 0.6 is 0 Å². The molecule has 1 aliphatic heterocycles. The minimum absolute atomic E-state index is 0.183. The quantitative estimate of drug-likeness (QED) is 0.854. The van der Waals surface area contributed by atoms with Crippen molar-refractivity contribution in [2.24, 2.45) is 23.7 Å². The summed E-state index contributed by atoms with van der Waals surface area (Å²) in [5, 5.41) is 2.85. The minimum Gasteiger partial charge on any atom is -0.406 e. The number of hydrogen-bond acceptors (Lipinski definition) is 3. The van der Waals surface area contributed by atoms with Crippen LogP contribution < -0.4 is 10.1 Å². The Morgan fingerprint density at radius 1 is 1.24 bits per heavy atom. The zero-order chi connectivity index (χ0) is 17.6. The highest BCUT2D eigenvalue weighted by atomic mass is 19.4. The summed E-state index contributed by atoms with van der Waals surface area (Å²) in [6, 6.07) is 5.18. The summed E-state index contributed by atoms with van der Waals surface area (Å²) < 4.78 is 40.6. The molecule has 0 bridgehead atoms. The number of nitrogens with zero attached hydrogens (tertiary/aromatic N) is 1. The number of benzene rings is 1. The fourth-order valence-corrected chi connectivity index (χ4v) is 4.00. The van der Waals surface area contributed by atoms with E-state index in [2.05, 4.69) is 15.0 Å². The molecule has 0 radical (unpaired) electrons. The van der Waals surface area contributed by atoms with Gasteiger partial charge in [-0.25, -0.2) is 0 Å². The van der Waals surface area contributed by atoms with E-state index in [9.17, 15) is 18.0 Å². The Hall–Kier alpha value is -1.76. The molecule has 4 nitrogen and oxygen atoms in total. The number of carbonyl (C=O) groups is 1. The molecule has 2 aliphatic carbocycles. The van der Waals surface area contributed by atoms with Crippen LogP contribution in [0.5, 0.6) is 5.75 Å². The second-order valence-corrected chi connectivity index (χ2v) is 7.44. The molecular formula is C18H21F3N2O2. The number of alkyl halides is 3. The lowest BCUT2D eigenvalue weighted by Crippen LogP contribution is -2.31. The minimum atomic E-state index is -4.76. The number of ether oxygens (including phenoxy) is 1. The smallest absolute Gasteiger partial charge is 0.406 e. The van der Waals surface area contributed by atoms with Gasteiger partial charge in [0.05, 0.1) is 0 Å². The third kappa shape index (κ3) is 4.08. The van der Waals surface area contributed by atoms with Gasteiger partial charge in [0.1, 0.15) is 5.75 Å². The third-order valence-electron chi connectivity index (χ3n) is 5.49. The normalized spacial score (nSPS) is 28.5. The Morgan fingerprint density at radius 3 is 2.60 bits per heavy atom. The zero-order valence-corrected chi connectivity index (χ0v) is 13.8. The molecule has 7 heteroatoms. The Bertz CT molecular complexity index is 648. The Kier molecular flexibility index (Phi) is 4.14. The predicted molar refractivity (Wildman–Crippen MR) is 85.1 cm³/mol. The van der Waals surface area contributed by atoms with Crippen LogP contribution in [0.15, 0.2) is 24.3 Å². The highest BCUT2D eigenvalue weighted by molar-refractivity contribution is 5.94. The molecule has 2 unspecified atom stereocenters. The van der Waals surface area contributed by atoms with Crippen molar-refractivity contribution in [2.45, 2.75) is 19.2 Å². The maximum absolute atomic E-state index is 12.3. The molecule has 0 aromatic heterocycles. The number of nitrogens with one attached hydrogen (secondary N) is 1. The Morgan fingerprint density at radius 2 is 1.96 bits per heavy atom. The average molecular weight is 354 g/mol. The summed E-state index contributed by atoms with van der Waals surface area (Å²) in [7, 11) is 0. The van der Waals surface area contributed by atoms with Gasteiger partial charge in [-0.1, -0.05) is 6.07 Å². The van der Waals surface area contributed by atoms with Gasteiger partial charge in [-0.15, -0.1) is 13.2 Å². The van der Waals surface area contributed by atoms with Crippen molar-refractivity contribution >= 4 is 5.91 Å². The maximum atomic E-state index is 12.3. The van der Waals surface area contributed by atoms with E-state index in [1.54, 1.807) is 0 Å². The molecule has 136 valence electrons. The van der Waals surface area contributed by atoms with E-state index in [0.717, 1.165) is 25.1 Å². The lowest BCUT2D eigenvalue weighted by molar-refractivity contribution is -0.274. The number of rotatable bonds is 6. The number of fused-ring (bicyclic) bond motifs is 1. The van der Waals surface area contributed by atoms with Crippen LogP contribution in [0.25, 0.3) is 0 Å². The lowest BCUT2D eigenvalue weighted by atomic mass is 10.2. The summed E-state index contributed by atoms with van der Waals surface area (Å²) in [4.78, 5) is 14.7. The molecule has 1 amide bonds. The van der Waals surface area contributed by atoms with Crippen molar-refractivity contribution < 1.29 is 22.7 Å². The molecule has 1 aromatic carbocycles. The summed E-state index contributed by atoms with van der Waals surface area (Å²) in [6.07, 6.45) is -2.03. The lowest BCUT2D eigenvalue weighted by Gasteiger charge is -2.19. The molecule has 1 heterocycles. The topological polar surface area (TPSA) is 41.6 Å². The summed E-state index contributed by atoms with van der Waals surface area (Å²) in [5.74, 6) is 2.01. The molecule has 2 atom stereocenters. The number of halogens is 3. The molecule has 1 aromatic rings. The summed E-state index contributed by atoms with van der Waals surface area (Å²) in [6.45, 7) is 4.06. The van der Waals surface area contributed by atoms with E-state index in [4.69, 9.17) is 0 Å². The molecule has 3 aliphatic rings. The number of piperidine rings is 1. The first-order chi connectivity index (χ1) is 11.9. The number of hydrogen-bond donors (Lipinski definition) is 1. The molecule has 1 N–H and O–H groups in total. The molecule has 25 heavy (non-hydrogen) atoms. The van der Waals surface area contributed by atoms with E-state index >= 15 is 0 Å². The van der Waals surface area contributed by atoms with Gasteiger partial charge >= 0.3 is 6.36 Å². The summed E-state index contributed by atoms with van der Waals surface area (Å²) >= 11 is 0. The van der Waals surface area contributed by atoms with Crippen LogP contribution in [0.3, 0.4) is 0 Å².